The molecule has 120 valence electrons. The summed E-state index contributed by atoms with van der Waals surface area (Å²) in [5.74, 6) is -0.529. The van der Waals surface area contributed by atoms with Crippen LogP contribution in [0.2, 0.25) is 0 Å². The molecule has 1 N–H and O–H groups in total. The fraction of sp³-hybridized carbons (Fsp3) is 0.176. The van der Waals surface area contributed by atoms with Crippen molar-refractivity contribution in [3.63, 3.8) is 0 Å². The van der Waals surface area contributed by atoms with Crippen molar-refractivity contribution in [3.05, 3.63) is 63.9 Å². The van der Waals surface area contributed by atoms with Crippen molar-refractivity contribution in [3.8, 4) is 5.75 Å². The SMILES string of the molecule is CCCOc1ccc(Br)cc1/C=N\NC(=O)c1ccccc1F. The molecule has 0 unspecified atom stereocenters. The van der Waals surface area contributed by atoms with E-state index < -0.39 is 11.7 Å². The lowest BCUT2D eigenvalue weighted by Crippen LogP contribution is -2.19. The van der Waals surface area contributed by atoms with E-state index in [0.29, 0.717) is 17.9 Å². The van der Waals surface area contributed by atoms with Crippen LogP contribution in [0.4, 0.5) is 4.39 Å². The van der Waals surface area contributed by atoms with Gasteiger partial charge in [0.05, 0.1) is 18.4 Å². The number of carbonyl (C=O) groups is 1. The molecule has 2 aromatic carbocycles. The molecule has 6 heteroatoms. The van der Waals surface area contributed by atoms with Gasteiger partial charge in [0, 0.05) is 10.0 Å². The maximum Gasteiger partial charge on any atom is 0.274 e. The first-order chi connectivity index (χ1) is 11.1. The monoisotopic (exact) mass is 378 g/mol. The molecule has 0 saturated carbocycles. The molecule has 4 nitrogen and oxygen atoms in total. The van der Waals surface area contributed by atoms with Gasteiger partial charge in [0.15, 0.2) is 0 Å². The Balaban J connectivity index is 2.09. The maximum absolute atomic E-state index is 13.5. The van der Waals surface area contributed by atoms with Crippen molar-refractivity contribution in [2.75, 3.05) is 6.61 Å². The second-order valence-electron chi connectivity index (χ2n) is 4.71. The van der Waals surface area contributed by atoms with Gasteiger partial charge in [-0.05, 0) is 36.8 Å². The largest absolute Gasteiger partial charge is 0.493 e. The minimum absolute atomic E-state index is 0.0543. The summed E-state index contributed by atoms with van der Waals surface area (Å²) in [7, 11) is 0. The molecule has 0 aromatic heterocycles. The van der Waals surface area contributed by atoms with Gasteiger partial charge >= 0.3 is 0 Å². The van der Waals surface area contributed by atoms with Gasteiger partial charge in [0.25, 0.3) is 5.91 Å². The van der Waals surface area contributed by atoms with Gasteiger partial charge in [0.2, 0.25) is 0 Å². The number of hydrazone groups is 1. The number of amides is 1. The molecule has 0 bridgehead atoms. The van der Waals surface area contributed by atoms with E-state index in [1.807, 2.05) is 25.1 Å². The third-order valence-corrected chi connectivity index (χ3v) is 3.41. The van der Waals surface area contributed by atoms with Gasteiger partial charge in [-0.1, -0.05) is 35.0 Å². The second kappa shape index (κ2) is 8.43. The van der Waals surface area contributed by atoms with Gasteiger partial charge < -0.3 is 4.74 Å². The lowest BCUT2D eigenvalue weighted by atomic mass is 10.2. The van der Waals surface area contributed by atoms with Gasteiger partial charge in [-0.25, -0.2) is 9.82 Å². The molecule has 1 amide bonds. The lowest BCUT2D eigenvalue weighted by molar-refractivity contribution is 0.0951. The van der Waals surface area contributed by atoms with Crippen LogP contribution in [0.25, 0.3) is 0 Å². The lowest BCUT2D eigenvalue weighted by Gasteiger charge is -2.08. The third kappa shape index (κ3) is 4.89. The van der Waals surface area contributed by atoms with Gasteiger partial charge in [-0.3, -0.25) is 4.79 Å². The number of nitrogens with zero attached hydrogens (tertiary/aromatic N) is 1. The topological polar surface area (TPSA) is 50.7 Å². The van der Waals surface area contributed by atoms with E-state index in [4.69, 9.17) is 4.74 Å². The van der Waals surface area contributed by atoms with Crippen molar-refractivity contribution < 1.29 is 13.9 Å². The zero-order chi connectivity index (χ0) is 16.7. The third-order valence-electron chi connectivity index (χ3n) is 2.92. The zero-order valence-corrected chi connectivity index (χ0v) is 14.1. The molecule has 2 rings (SSSR count). The van der Waals surface area contributed by atoms with E-state index in [1.54, 1.807) is 6.07 Å². The van der Waals surface area contributed by atoms with E-state index in [-0.39, 0.29) is 5.56 Å². The molecule has 0 aliphatic rings. The van der Waals surface area contributed by atoms with Gasteiger partial charge in [0.1, 0.15) is 11.6 Å². The number of carbonyl (C=O) groups excluding carboxylic acids is 1. The zero-order valence-electron chi connectivity index (χ0n) is 12.6. The minimum Gasteiger partial charge on any atom is -0.493 e. The molecule has 0 aliphatic heterocycles. The van der Waals surface area contributed by atoms with Crippen molar-refractivity contribution in [2.45, 2.75) is 13.3 Å². The summed E-state index contributed by atoms with van der Waals surface area (Å²) in [4.78, 5) is 11.9. The smallest absolute Gasteiger partial charge is 0.274 e. The number of benzene rings is 2. The van der Waals surface area contributed by atoms with E-state index in [0.717, 1.165) is 10.9 Å². The summed E-state index contributed by atoms with van der Waals surface area (Å²) < 4.78 is 20.0. The number of rotatable bonds is 6. The fourth-order valence-corrected chi connectivity index (χ4v) is 2.21. The summed E-state index contributed by atoms with van der Waals surface area (Å²) in [6, 6.07) is 11.2. The van der Waals surface area contributed by atoms with Crippen LogP contribution in [0.1, 0.15) is 29.3 Å². The molecule has 0 radical (unpaired) electrons. The highest BCUT2D eigenvalue weighted by atomic mass is 79.9. The number of hydrogen-bond donors (Lipinski definition) is 1. The molecule has 2 aromatic rings. The summed E-state index contributed by atoms with van der Waals surface area (Å²) in [6.07, 6.45) is 2.35. The van der Waals surface area contributed by atoms with Crippen molar-refractivity contribution >= 4 is 28.1 Å². The molecule has 0 heterocycles. The Bertz CT molecular complexity index is 719. The Kier molecular flexibility index (Phi) is 6.29. The molecule has 0 atom stereocenters. The summed E-state index contributed by atoms with van der Waals surface area (Å²) in [6.45, 7) is 2.60. The highest BCUT2D eigenvalue weighted by molar-refractivity contribution is 9.10. The molecule has 0 saturated heterocycles. The molecule has 0 spiro atoms. The van der Waals surface area contributed by atoms with Crippen LogP contribution in [0, 0.1) is 5.82 Å². The van der Waals surface area contributed by atoms with Gasteiger partial charge in [-0.2, -0.15) is 5.10 Å². The maximum atomic E-state index is 13.5. The molecule has 23 heavy (non-hydrogen) atoms. The number of halogens is 2. The highest BCUT2D eigenvalue weighted by Gasteiger charge is 2.09. The van der Waals surface area contributed by atoms with Crippen molar-refractivity contribution in [2.24, 2.45) is 5.10 Å². The van der Waals surface area contributed by atoms with Crippen LogP contribution >= 0.6 is 15.9 Å². The Morgan fingerprint density at radius 3 is 2.87 bits per heavy atom. The van der Waals surface area contributed by atoms with E-state index >= 15 is 0 Å². The quantitative estimate of drug-likeness (QED) is 0.606. The van der Waals surface area contributed by atoms with Gasteiger partial charge in [-0.15, -0.1) is 0 Å². The summed E-state index contributed by atoms with van der Waals surface area (Å²) >= 11 is 3.38. The first kappa shape index (κ1) is 17.1. The number of nitrogens with one attached hydrogen (secondary N) is 1. The molecular formula is C17H16BrFN2O2. The molecule has 0 aliphatic carbocycles. The van der Waals surface area contributed by atoms with Crippen LogP contribution in [-0.2, 0) is 0 Å². The van der Waals surface area contributed by atoms with E-state index in [1.165, 1.54) is 24.4 Å². The second-order valence-corrected chi connectivity index (χ2v) is 5.63. The van der Waals surface area contributed by atoms with Crippen LogP contribution < -0.4 is 10.2 Å². The first-order valence-corrected chi connectivity index (χ1v) is 7.91. The Labute approximate surface area is 142 Å². The number of ether oxygens (including phenoxy) is 1. The molecular weight excluding hydrogens is 363 g/mol. The Morgan fingerprint density at radius 1 is 1.35 bits per heavy atom. The van der Waals surface area contributed by atoms with Crippen LogP contribution in [0.3, 0.4) is 0 Å². The highest BCUT2D eigenvalue weighted by Crippen LogP contribution is 2.22. The fourth-order valence-electron chi connectivity index (χ4n) is 1.83. The average Bonchev–Trinajstić information content (AvgIpc) is 2.54. The first-order valence-electron chi connectivity index (χ1n) is 7.12. The van der Waals surface area contributed by atoms with E-state index in [9.17, 15) is 9.18 Å². The van der Waals surface area contributed by atoms with Crippen molar-refractivity contribution in [1.29, 1.82) is 0 Å². The standard InChI is InChI=1S/C17H16BrFN2O2/c1-2-9-23-16-8-7-13(18)10-12(16)11-20-21-17(22)14-5-3-4-6-15(14)19/h3-8,10-11H,2,9H2,1H3,(H,21,22)/b20-11-. The van der Waals surface area contributed by atoms with Crippen LogP contribution in [0.5, 0.6) is 5.75 Å². The average molecular weight is 379 g/mol. The number of hydrogen-bond acceptors (Lipinski definition) is 3. The summed E-state index contributed by atoms with van der Waals surface area (Å²) in [5.41, 5.74) is 2.97. The van der Waals surface area contributed by atoms with Crippen LogP contribution in [0.15, 0.2) is 52.0 Å². The van der Waals surface area contributed by atoms with E-state index in [2.05, 4.69) is 26.5 Å². The summed E-state index contributed by atoms with van der Waals surface area (Å²) in [5, 5.41) is 3.88. The van der Waals surface area contributed by atoms with Crippen molar-refractivity contribution in [1.82, 2.24) is 5.43 Å². The Hall–Kier alpha value is -2.21. The minimum atomic E-state index is -0.606. The molecule has 0 fully saturated rings. The normalized spacial score (nSPS) is 10.7. The predicted octanol–water partition coefficient (Wildman–Crippen LogP) is 4.14. The Morgan fingerprint density at radius 2 is 2.13 bits per heavy atom. The van der Waals surface area contributed by atoms with Crippen LogP contribution in [-0.4, -0.2) is 18.7 Å². The predicted molar refractivity (Wildman–Crippen MR) is 91.4 cm³/mol.